The maximum Gasteiger partial charge on any atom is 0.309 e. The molecule has 1 aliphatic carbocycles. The first kappa shape index (κ1) is 19.1. The van der Waals surface area contributed by atoms with Crippen molar-refractivity contribution < 1.29 is 14.3 Å². The lowest BCUT2D eigenvalue weighted by molar-refractivity contribution is -0.155. The van der Waals surface area contributed by atoms with Crippen LogP contribution in [0.1, 0.15) is 45.1 Å². The van der Waals surface area contributed by atoms with Gasteiger partial charge in [-0.15, -0.1) is 0 Å². The summed E-state index contributed by atoms with van der Waals surface area (Å²) in [6, 6.07) is 8.56. The Balaban J connectivity index is 1.55. The molecule has 1 saturated carbocycles. The zero-order valence-corrected chi connectivity index (χ0v) is 17.8. The predicted molar refractivity (Wildman–Crippen MR) is 112 cm³/mol. The predicted octanol–water partition coefficient (Wildman–Crippen LogP) is 3.22. The maximum atomic E-state index is 13.8. The summed E-state index contributed by atoms with van der Waals surface area (Å²) in [5, 5.41) is 0. The molecule has 2 saturated heterocycles. The SMILES string of the molecule is CCN1C(=O)[C@@]2(CCN3C[C@@H]4CC[C@H](C)[C@H](C(=O)OC)[C@H]4C[C@H]32)c2ccccc21. The van der Waals surface area contributed by atoms with Crippen LogP contribution in [0.25, 0.3) is 0 Å². The number of carbonyl (C=O) groups is 2. The van der Waals surface area contributed by atoms with Crippen molar-refractivity contribution in [2.24, 2.45) is 23.7 Å². The molecule has 0 aromatic heterocycles. The minimum absolute atomic E-state index is 0.0347. The van der Waals surface area contributed by atoms with E-state index in [0.717, 1.165) is 38.0 Å². The number of esters is 1. The largest absolute Gasteiger partial charge is 0.469 e. The summed E-state index contributed by atoms with van der Waals surface area (Å²) in [4.78, 5) is 31.0. The molecule has 5 heteroatoms. The fourth-order valence-corrected chi connectivity index (χ4v) is 7.21. The summed E-state index contributed by atoms with van der Waals surface area (Å²) in [6.07, 6.45) is 4.09. The van der Waals surface area contributed by atoms with Gasteiger partial charge in [0.2, 0.25) is 5.91 Å². The van der Waals surface area contributed by atoms with Gasteiger partial charge in [0.1, 0.15) is 0 Å². The molecule has 3 aliphatic heterocycles. The number of carbonyl (C=O) groups excluding carboxylic acids is 2. The molecule has 6 atom stereocenters. The Morgan fingerprint density at radius 2 is 2.07 bits per heavy atom. The van der Waals surface area contributed by atoms with Gasteiger partial charge in [0, 0.05) is 24.8 Å². The van der Waals surface area contributed by atoms with Gasteiger partial charge in [-0.1, -0.05) is 25.1 Å². The van der Waals surface area contributed by atoms with Gasteiger partial charge in [0.25, 0.3) is 0 Å². The molecule has 1 spiro atoms. The van der Waals surface area contributed by atoms with Crippen LogP contribution in [-0.4, -0.2) is 49.6 Å². The first-order valence-corrected chi connectivity index (χ1v) is 11.3. The standard InChI is InChI=1S/C24H32N2O3/c1-4-26-19-8-6-5-7-18(19)24(23(26)28)11-12-25-14-16-10-9-15(2)21(22(27)29-3)17(16)13-20(24)25/h5-8,15-17,20-21H,4,9-14H2,1-3H3/t15-,16-,17-,20-,21-,24-/m0/s1. The highest BCUT2D eigenvalue weighted by molar-refractivity contribution is 6.09. The molecule has 0 bridgehead atoms. The molecule has 0 unspecified atom stereocenters. The van der Waals surface area contributed by atoms with Gasteiger partial charge in [-0.3, -0.25) is 14.5 Å². The van der Waals surface area contributed by atoms with Crippen LogP contribution in [0.4, 0.5) is 5.69 Å². The Kier molecular flexibility index (Phi) is 4.50. The summed E-state index contributed by atoms with van der Waals surface area (Å²) < 4.78 is 5.22. The Morgan fingerprint density at radius 3 is 2.83 bits per heavy atom. The smallest absolute Gasteiger partial charge is 0.309 e. The van der Waals surface area contributed by atoms with Crippen LogP contribution in [0.2, 0.25) is 0 Å². The molecule has 4 aliphatic rings. The summed E-state index contributed by atoms with van der Waals surface area (Å²) in [5.41, 5.74) is 1.85. The third-order valence-corrected chi connectivity index (χ3v) is 8.53. The number of nitrogens with zero attached hydrogens (tertiary/aromatic N) is 2. The van der Waals surface area contributed by atoms with E-state index in [1.54, 1.807) is 0 Å². The Morgan fingerprint density at radius 1 is 1.28 bits per heavy atom. The number of hydrogen-bond donors (Lipinski definition) is 0. The first-order valence-electron chi connectivity index (χ1n) is 11.3. The molecule has 5 rings (SSSR count). The number of methoxy groups -OCH3 is 1. The third-order valence-electron chi connectivity index (χ3n) is 8.53. The highest BCUT2D eigenvalue weighted by atomic mass is 16.5. The zero-order valence-electron chi connectivity index (χ0n) is 17.8. The first-order chi connectivity index (χ1) is 14.0. The average Bonchev–Trinajstić information content (AvgIpc) is 3.23. The van der Waals surface area contributed by atoms with Crippen molar-refractivity contribution in [3.63, 3.8) is 0 Å². The molecule has 3 fully saturated rings. The van der Waals surface area contributed by atoms with E-state index in [0.29, 0.717) is 24.3 Å². The molecule has 3 heterocycles. The van der Waals surface area contributed by atoms with Gasteiger partial charge in [-0.05, 0) is 68.5 Å². The number of benzene rings is 1. The van der Waals surface area contributed by atoms with E-state index in [9.17, 15) is 9.59 Å². The summed E-state index contributed by atoms with van der Waals surface area (Å²) in [7, 11) is 1.51. The van der Waals surface area contributed by atoms with E-state index < -0.39 is 5.41 Å². The lowest BCUT2D eigenvalue weighted by atomic mass is 9.60. The summed E-state index contributed by atoms with van der Waals surface area (Å²) >= 11 is 0. The van der Waals surface area contributed by atoms with Crippen LogP contribution >= 0.6 is 0 Å². The molecular weight excluding hydrogens is 364 g/mol. The number of para-hydroxylation sites is 1. The fraction of sp³-hybridized carbons (Fsp3) is 0.667. The quantitative estimate of drug-likeness (QED) is 0.721. The molecule has 1 amide bonds. The number of anilines is 1. The zero-order chi connectivity index (χ0) is 20.3. The minimum Gasteiger partial charge on any atom is -0.469 e. The van der Waals surface area contributed by atoms with Gasteiger partial charge in [-0.25, -0.2) is 0 Å². The number of amides is 1. The van der Waals surface area contributed by atoms with Crippen LogP contribution in [0.15, 0.2) is 24.3 Å². The summed E-state index contributed by atoms with van der Waals surface area (Å²) in [5.74, 6) is 1.39. The average molecular weight is 397 g/mol. The van der Waals surface area contributed by atoms with Crippen molar-refractivity contribution in [2.75, 3.05) is 31.6 Å². The molecule has 1 aromatic rings. The Labute approximate surface area is 173 Å². The molecule has 0 N–H and O–H groups in total. The number of rotatable bonds is 2. The highest BCUT2D eigenvalue weighted by Gasteiger charge is 2.62. The van der Waals surface area contributed by atoms with Crippen molar-refractivity contribution in [3.05, 3.63) is 29.8 Å². The van der Waals surface area contributed by atoms with Crippen molar-refractivity contribution in [2.45, 2.75) is 51.0 Å². The van der Waals surface area contributed by atoms with Gasteiger partial charge >= 0.3 is 5.97 Å². The van der Waals surface area contributed by atoms with E-state index in [1.165, 1.54) is 19.1 Å². The van der Waals surface area contributed by atoms with Crippen molar-refractivity contribution >= 4 is 17.6 Å². The number of fused-ring (bicyclic) bond motifs is 5. The van der Waals surface area contributed by atoms with Crippen LogP contribution in [0, 0.1) is 23.7 Å². The second-order valence-electron chi connectivity index (χ2n) is 9.56. The second kappa shape index (κ2) is 6.83. The number of hydrogen-bond acceptors (Lipinski definition) is 4. The van der Waals surface area contributed by atoms with E-state index in [2.05, 4.69) is 36.9 Å². The summed E-state index contributed by atoms with van der Waals surface area (Å²) in [6.45, 7) is 6.96. The topological polar surface area (TPSA) is 49.9 Å². The third kappa shape index (κ3) is 2.49. The van der Waals surface area contributed by atoms with Gasteiger partial charge in [0.15, 0.2) is 0 Å². The van der Waals surface area contributed by atoms with Gasteiger partial charge in [0.05, 0.1) is 18.4 Å². The minimum atomic E-state index is -0.446. The number of likely N-dealkylation sites (N-methyl/N-ethyl adjacent to an activating group) is 1. The van der Waals surface area contributed by atoms with Crippen LogP contribution in [-0.2, 0) is 19.7 Å². The van der Waals surface area contributed by atoms with Crippen molar-refractivity contribution in [1.29, 1.82) is 0 Å². The fourth-order valence-electron chi connectivity index (χ4n) is 7.21. The van der Waals surface area contributed by atoms with E-state index in [-0.39, 0.29) is 23.8 Å². The molecule has 0 radical (unpaired) electrons. The normalized spacial score (nSPS) is 38.7. The molecular formula is C24H32N2O3. The van der Waals surface area contributed by atoms with Crippen LogP contribution in [0.3, 0.4) is 0 Å². The Bertz CT molecular complexity index is 839. The monoisotopic (exact) mass is 396 g/mol. The Hall–Kier alpha value is -1.88. The molecule has 156 valence electrons. The molecule has 5 nitrogen and oxygen atoms in total. The number of ether oxygens (including phenoxy) is 1. The van der Waals surface area contributed by atoms with E-state index >= 15 is 0 Å². The lowest BCUT2D eigenvalue weighted by Gasteiger charge is -2.50. The van der Waals surface area contributed by atoms with Crippen LogP contribution in [0.5, 0.6) is 0 Å². The van der Waals surface area contributed by atoms with Crippen molar-refractivity contribution in [3.8, 4) is 0 Å². The maximum absolute atomic E-state index is 13.8. The van der Waals surface area contributed by atoms with Crippen LogP contribution < -0.4 is 4.90 Å². The lowest BCUT2D eigenvalue weighted by Crippen LogP contribution is -2.57. The van der Waals surface area contributed by atoms with E-state index in [1.807, 2.05) is 11.0 Å². The molecule has 29 heavy (non-hydrogen) atoms. The van der Waals surface area contributed by atoms with Crippen molar-refractivity contribution in [1.82, 2.24) is 4.90 Å². The highest BCUT2D eigenvalue weighted by Crippen LogP contribution is 2.56. The number of piperidine rings is 1. The molecule has 1 aromatic carbocycles. The van der Waals surface area contributed by atoms with Gasteiger partial charge < -0.3 is 9.64 Å². The van der Waals surface area contributed by atoms with E-state index in [4.69, 9.17) is 4.74 Å². The second-order valence-corrected chi connectivity index (χ2v) is 9.56. The van der Waals surface area contributed by atoms with Gasteiger partial charge in [-0.2, -0.15) is 0 Å².